The topological polar surface area (TPSA) is 49.3 Å². The molecular formula is C21H28N4O. The number of carbonyl (C=O) groups is 1. The van der Waals surface area contributed by atoms with E-state index >= 15 is 0 Å². The van der Waals surface area contributed by atoms with E-state index in [1.807, 2.05) is 49.1 Å². The van der Waals surface area contributed by atoms with Gasteiger partial charge in [-0.2, -0.15) is 0 Å². The molecule has 0 aliphatic carbocycles. The number of benzene rings is 1. The van der Waals surface area contributed by atoms with Crippen LogP contribution in [0, 0.1) is 0 Å². The van der Waals surface area contributed by atoms with Gasteiger partial charge in [-0.1, -0.05) is 43.2 Å². The Morgan fingerprint density at radius 2 is 1.73 bits per heavy atom. The zero-order valence-corrected chi connectivity index (χ0v) is 15.8. The Labute approximate surface area is 156 Å². The van der Waals surface area contributed by atoms with Gasteiger partial charge in [-0.3, -0.25) is 4.79 Å². The largest absolute Gasteiger partial charge is 0.355 e. The van der Waals surface area contributed by atoms with E-state index in [1.165, 1.54) is 25.7 Å². The van der Waals surface area contributed by atoms with Crippen molar-refractivity contribution >= 4 is 11.7 Å². The molecule has 3 rings (SSSR count). The molecule has 1 saturated heterocycles. The summed E-state index contributed by atoms with van der Waals surface area (Å²) in [5.74, 6) is 0.807. The number of nitrogens with zero attached hydrogens (tertiary/aromatic N) is 4. The molecule has 0 saturated carbocycles. The number of anilines is 1. The van der Waals surface area contributed by atoms with Gasteiger partial charge in [0, 0.05) is 25.7 Å². The summed E-state index contributed by atoms with van der Waals surface area (Å²) in [7, 11) is 0. The molecule has 5 heteroatoms. The Balaban J connectivity index is 1.72. The van der Waals surface area contributed by atoms with Crippen LogP contribution in [0.25, 0.3) is 0 Å². The van der Waals surface area contributed by atoms with Gasteiger partial charge in [-0.05, 0) is 32.3 Å². The van der Waals surface area contributed by atoms with Gasteiger partial charge >= 0.3 is 0 Å². The minimum atomic E-state index is -0.0706. The van der Waals surface area contributed by atoms with Gasteiger partial charge < -0.3 is 9.80 Å². The van der Waals surface area contributed by atoms with Crippen molar-refractivity contribution in [3.63, 3.8) is 0 Å². The quantitative estimate of drug-likeness (QED) is 0.819. The number of hydrogen-bond donors (Lipinski definition) is 0. The molecule has 1 aliphatic heterocycles. The third-order valence-corrected chi connectivity index (χ3v) is 4.87. The highest BCUT2D eigenvalue weighted by Crippen LogP contribution is 2.17. The predicted molar refractivity (Wildman–Crippen MR) is 104 cm³/mol. The van der Waals surface area contributed by atoms with Crippen molar-refractivity contribution < 1.29 is 4.79 Å². The van der Waals surface area contributed by atoms with E-state index < -0.39 is 0 Å². The molecule has 0 unspecified atom stereocenters. The zero-order chi connectivity index (χ0) is 18.4. The molecule has 0 N–H and O–H groups in total. The fourth-order valence-corrected chi connectivity index (χ4v) is 3.31. The molecule has 1 amide bonds. The van der Waals surface area contributed by atoms with Crippen LogP contribution in [0.3, 0.4) is 0 Å². The third-order valence-electron chi connectivity index (χ3n) is 4.87. The average Bonchev–Trinajstić information content (AvgIpc) is 2.96. The molecule has 1 fully saturated rings. The lowest BCUT2D eigenvalue weighted by atomic mass is 10.2. The van der Waals surface area contributed by atoms with E-state index in [9.17, 15) is 4.79 Å². The zero-order valence-electron chi connectivity index (χ0n) is 15.8. The summed E-state index contributed by atoms with van der Waals surface area (Å²) in [6.07, 6.45) is 8.33. The van der Waals surface area contributed by atoms with Crippen molar-refractivity contribution in [1.82, 2.24) is 14.9 Å². The first-order valence-electron chi connectivity index (χ1n) is 9.57. The van der Waals surface area contributed by atoms with Crippen molar-refractivity contribution in [2.75, 3.05) is 18.0 Å². The van der Waals surface area contributed by atoms with Crippen molar-refractivity contribution in [2.24, 2.45) is 0 Å². The number of carbonyl (C=O) groups excluding carboxylic acids is 1. The maximum atomic E-state index is 12.9. The summed E-state index contributed by atoms with van der Waals surface area (Å²) < 4.78 is 0. The maximum absolute atomic E-state index is 12.9. The van der Waals surface area contributed by atoms with Gasteiger partial charge in [0.1, 0.15) is 11.5 Å². The predicted octanol–water partition coefficient (Wildman–Crippen LogP) is 3.91. The molecule has 26 heavy (non-hydrogen) atoms. The standard InChI is InChI=1S/C21H28N4O/c1-17(2)25(16-18-10-6-5-7-11-18)21(26)19-14-23-20(15-22-19)24-12-8-3-4-9-13-24/h5-7,10-11,14-15,17H,3-4,8-9,12-13,16H2,1-2H3. The van der Waals surface area contributed by atoms with Crippen LogP contribution in [0.4, 0.5) is 5.82 Å². The molecule has 2 heterocycles. The van der Waals surface area contributed by atoms with Crippen LogP contribution in [0.2, 0.25) is 0 Å². The Hall–Kier alpha value is -2.43. The third kappa shape index (κ3) is 4.59. The molecule has 1 aromatic carbocycles. The van der Waals surface area contributed by atoms with Crippen LogP contribution < -0.4 is 4.90 Å². The highest BCUT2D eigenvalue weighted by molar-refractivity contribution is 5.92. The van der Waals surface area contributed by atoms with Crippen LogP contribution in [0.5, 0.6) is 0 Å². The van der Waals surface area contributed by atoms with Crippen LogP contribution in [0.1, 0.15) is 55.6 Å². The summed E-state index contributed by atoms with van der Waals surface area (Å²) in [6.45, 7) is 6.68. The van der Waals surface area contributed by atoms with E-state index in [2.05, 4.69) is 14.9 Å². The van der Waals surface area contributed by atoms with Crippen molar-refractivity contribution in [2.45, 2.75) is 52.1 Å². The van der Waals surface area contributed by atoms with Gasteiger partial charge in [0.05, 0.1) is 12.4 Å². The van der Waals surface area contributed by atoms with Gasteiger partial charge in [0.15, 0.2) is 0 Å². The molecular weight excluding hydrogens is 324 g/mol. The Kier molecular flexibility index (Phi) is 6.21. The highest BCUT2D eigenvalue weighted by atomic mass is 16.2. The van der Waals surface area contributed by atoms with E-state index in [0.29, 0.717) is 12.2 Å². The first kappa shape index (κ1) is 18.4. The lowest BCUT2D eigenvalue weighted by Gasteiger charge is -2.27. The Morgan fingerprint density at radius 1 is 1.04 bits per heavy atom. The first-order chi connectivity index (χ1) is 12.6. The lowest BCUT2D eigenvalue weighted by molar-refractivity contribution is 0.0684. The molecule has 0 atom stereocenters. The number of amides is 1. The van der Waals surface area contributed by atoms with E-state index in [-0.39, 0.29) is 11.9 Å². The summed E-state index contributed by atoms with van der Waals surface area (Å²) in [5, 5.41) is 0. The molecule has 0 spiro atoms. The van der Waals surface area contributed by atoms with Crippen LogP contribution >= 0.6 is 0 Å². The van der Waals surface area contributed by atoms with Gasteiger partial charge in [0.2, 0.25) is 0 Å². The molecule has 138 valence electrons. The molecule has 0 radical (unpaired) electrons. The van der Waals surface area contributed by atoms with E-state index in [0.717, 1.165) is 24.5 Å². The van der Waals surface area contributed by atoms with Gasteiger partial charge in [-0.15, -0.1) is 0 Å². The average molecular weight is 352 g/mol. The number of rotatable bonds is 5. The molecule has 0 bridgehead atoms. The summed E-state index contributed by atoms with van der Waals surface area (Å²) in [6, 6.07) is 10.1. The van der Waals surface area contributed by atoms with E-state index in [1.54, 1.807) is 12.4 Å². The van der Waals surface area contributed by atoms with Crippen molar-refractivity contribution in [1.29, 1.82) is 0 Å². The Bertz CT molecular complexity index is 692. The lowest BCUT2D eigenvalue weighted by Crippen LogP contribution is -2.37. The molecule has 1 aliphatic rings. The number of hydrogen-bond acceptors (Lipinski definition) is 4. The van der Waals surface area contributed by atoms with Crippen molar-refractivity contribution in [3.8, 4) is 0 Å². The minimum Gasteiger partial charge on any atom is -0.355 e. The van der Waals surface area contributed by atoms with Gasteiger partial charge in [-0.25, -0.2) is 9.97 Å². The second-order valence-corrected chi connectivity index (χ2v) is 7.17. The minimum absolute atomic E-state index is 0.0706. The molecule has 1 aromatic heterocycles. The maximum Gasteiger partial charge on any atom is 0.274 e. The molecule has 5 nitrogen and oxygen atoms in total. The fraction of sp³-hybridized carbons (Fsp3) is 0.476. The van der Waals surface area contributed by atoms with Crippen LogP contribution in [-0.2, 0) is 6.54 Å². The summed E-state index contributed by atoms with van der Waals surface area (Å²) in [4.78, 5) is 26.0. The normalized spacial score (nSPS) is 15.0. The summed E-state index contributed by atoms with van der Waals surface area (Å²) in [5.41, 5.74) is 1.52. The van der Waals surface area contributed by atoms with Crippen molar-refractivity contribution in [3.05, 3.63) is 54.0 Å². The smallest absolute Gasteiger partial charge is 0.274 e. The monoisotopic (exact) mass is 352 g/mol. The second-order valence-electron chi connectivity index (χ2n) is 7.17. The second kappa shape index (κ2) is 8.79. The Morgan fingerprint density at radius 3 is 2.31 bits per heavy atom. The number of aromatic nitrogens is 2. The highest BCUT2D eigenvalue weighted by Gasteiger charge is 2.21. The fourth-order valence-electron chi connectivity index (χ4n) is 3.31. The first-order valence-corrected chi connectivity index (χ1v) is 9.57. The summed E-state index contributed by atoms with van der Waals surface area (Å²) >= 11 is 0. The van der Waals surface area contributed by atoms with Crippen LogP contribution in [0.15, 0.2) is 42.7 Å². The van der Waals surface area contributed by atoms with Gasteiger partial charge in [0.25, 0.3) is 5.91 Å². The molecule has 2 aromatic rings. The van der Waals surface area contributed by atoms with Crippen LogP contribution in [-0.4, -0.2) is 39.9 Å². The SMILES string of the molecule is CC(C)N(Cc1ccccc1)C(=O)c1cnc(N2CCCCCC2)cn1. The van der Waals surface area contributed by atoms with E-state index in [4.69, 9.17) is 0 Å².